The Morgan fingerprint density at radius 2 is 1.80 bits per heavy atom. The Morgan fingerprint density at radius 1 is 1.20 bits per heavy atom. The molecule has 0 saturated heterocycles. The number of anilines is 1. The highest BCUT2D eigenvalue weighted by molar-refractivity contribution is 6.44. The molecule has 0 atom stereocenters. The van der Waals surface area contributed by atoms with Crippen LogP contribution < -0.4 is 5.32 Å². The van der Waals surface area contributed by atoms with E-state index in [1.807, 2.05) is 0 Å². The molecule has 82 valence electrons. The summed E-state index contributed by atoms with van der Waals surface area (Å²) in [4.78, 5) is 0. The maximum atomic E-state index is 5.99. The van der Waals surface area contributed by atoms with Crippen LogP contribution >= 0.6 is 34.8 Å². The Balaban J connectivity index is 2.77. The number of halogens is 3. The van der Waals surface area contributed by atoms with Crippen molar-refractivity contribution < 1.29 is 0 Å². The predicted molar refractivity (Wildman–Crippen MR) is 69.4 cm³/mol. The monoisotopic (exact) mass is 263 g/mol. The van der Waals surface area contributed by atoms with E-state index in [0.717, 1.165) is 17.7 Å². The highest BCUT2D eigenvalue weighted by Gasteiger charge is 2.05. The highest BCUT2D eigenvalue weighted by atomic mass is 35.5. The summed E-state index contributed by atoms with van der Waals surface area (Å²) in [6, 6.07) is 3.34. The third-order valence-corrected chi connectivity index (χ3v) is 3.07. The Hall–Kier alpha value is -0.370. The zero-order valence-electron chi connectivity index (χ0n) is 8.41. The van der Waals surface area contributed by atoms with E-state index >= 15 is 0 Å². The molecular weight excluding hydrogens is 252 g/mol. The third-order valence-electron chi connectivity index (χ3n) is 2.04. The molecule has 0 aliphatic heterocycles. The number of hydrogen-bond acceptors (Lipinski definition) is 1. The molecule has 0 aliphatic rings. The molecule has 0 fully saturated rings. The zero-order chi connectivity index (χ0) is 11.4. The average Bonchev–Trinajstić information content (AvgIpc) is 2.21. The summed E-state index contributed by atoms with van der Waals surface area (Å²) < 4.78 is 0. The molecule has 0 saturated carbocycles. The quantitative estimate of drug-likeness (QED) is 0.594. The van der Waals surface area contributed by atoms with Crippen molar-refractivity contribution in [2.75, 3.05) is 11.9 Å². The molecule has 0 radical (unpaired) electrons. The summed E-state index contributed by atoms with van der Waals surface area (Å²) in [5.74, 6) is 0. The van der Waals surface area contributed by atoms with Crippen LogP contribution in [0, 0.1) is 0 Å². The zero-order valence-corrected chi connectivity index (χ0v) is 10.7. The normalized spacial score (nSPS) is 10.1. The average molecular weight is 265 g/mol. The highest BCUT2D eigenvalue weighted by Crippen LogP contribution is 2.32. The molecule has 0 unspecified atom stereocenters. The fraction of sp³-hybridized carbons (Fsp3) is 0.273. The minimum Gasteiger partial charge on any atom is -0.380 e. The fourth-order valence-electron chi connectivity index (χ4n) is 1.00. The lowest BCUT2D eigenvalue weighted by molar-refractivity contribution is 1.05. The standard InChI is InChI=1S/C11H12Cl3N/c1-3-7(2)6-15-11-5-9(13)8(12)4-10(11)14/h4-5,15H,2-3,6H2,1H3. The van der Waals surface area contributed by atoms with Gasteiger partial charge in [0.2, 0.25) is 0 Å². The molecule has 0 amide bonds. The topological polar surface area (TPSA) is 12.0 Å². The molecule has 0 heterocycles. The first-order valence-electron chi connectivity index (χ1n) is 4.59. The lowest BCUT2D eigenvalue weighted by atomic mass is 10.2. The summed E-state index contributed by atoms with van der Waals surface area (Å²) in [7, 11) is 0. The van der Waals surface area contributed by atoms with Crippen molar-refractivity contribution in [2.24, 2.45) is 0 Å². The molecule has 1 aromatic carbocycles. The van der Waals surface area contributed by atoms with Crippen LogP contribution in [-0.4, -0.2) is 6.54 Å². The van der Waals surface area contributed by atoms with Gasteiger partial charge in [-0.25, -0.2) is 0 Å². The van der Waals surface area contributed by atoms with Gasteiger partial charge in [0.1, 0.15) is 0 Å². The first-order chi connectivity index (χ1) is 7.04. The van der Waals surface area contributed by atoms with E-state index in [9.17, 15) is 0 Å². The smallest absolute Gasteiger partial charge is 0.0653 e. The van der Waals surface area contributed by atoms with Crippen LogP contribution in [0.4, 0.5) is 5.69 Å². The van der Waals surface area contributed by atoms with Crippen LogP contribution in [0.25, 0.3) is 0 Å². The van der Waals surface area contributed by atoms with Crippen molar-refractivity contribution in [3.05, 3.63) is 39.4 Å². The van der Waals surface area contributed by atoms with Gasteiger partial charge in [0.15, 0.2) is 0 Å². The molecule has 1 aromatic rings. The van der Waals surface area contributed by atoms with Crippen molar-refractivity contribution >= 4 is 40.5 Å². The van der Waals surface area contributed by atoms with Crippen molar-refractivity contribution in [3.8, 4) is 0 Å². The molecule has 1 nitrogen and oxygen atoms in total. The summed E-state index contributed by atoms with van der Waals surface area (Å²) in [5, 5.41) is 4.67. The van der Waals surface area contributed by atoms with Crippen LogP contribution in [0.5, 0.6) is 0 Å². The molecule has 0 spiro atoms. The van der Waals surface area contributed by atoms with E-state index < -0.39 is 0 Å². The molecule has 1 N–H and O–H groups in total. The molecule has 0 aliphatic carbocycles. The van der Waals surface area contributed by atoms with Crippen LogP contribution in [0.15, 0.2) is 24.3 Å². The van der Waals surface area contributed by atoms with Gasteiger partial charge in [-0.2, -0.15) is 0 Å². The molecule has 4 heteroatoms. The van der Waals surface area contributed by atoms with Gasteiger partial charge >= 0.3 is 0 Å². The first kappa shape index (κ1) is 12.7. The van der Waals surface area contributed by atoms with E-state index in [4.69, 9.17) is 34.8 Å². The van der Waals surface area contributed by atoms with Gasteiger partial charge in [-0.1, -0.05) is 53.9 Å². The van der Waals surface area contributed by atoms with E-state index in [-0.39, 0.29) is 0 Å². The molecule has 15 heavy (non-hydrogen) atoms. The number of nitrogens with one attached hydrogen (secondary N) is 1. The Kier molecular flexibility index (Phi) is 4.78. The Morgan fingerprint density at radius 3 is 2.40 bits per heavy atom. The van der Waals surface area contributed by atoms with Gasteiger partial charge in [0.05, 0.1) is 20.8 Å². The van der Waals surface area contributed by atoms with Gasteiger partial charge in [0, 0.05) is 6.54 Å². The van der Waals surface area contributed by atoms with E-state index in [1.165, 1.54) is 0 Å². The summed E-state index contributed by atoms with van der Waals surface area (Å²) in [6.07, 6.45) is 0.936. The second-order valence-corrected chi connectivity index (χ2v) is 4.42. The summed E-state index contributed by atoms with van der Waals surface area (Å²) in [5.41, 5.74) is 1.89. The third kappa shape index (κ3) is 3.60. The number of hydrogen-bond donors (Lipinski definition) is 1. The van der Waals surface area contributed by atoms with Crippen LogP contribution in [0.2, 0.25) is 15.1 Å². The van der Waals surface area contributed by atoms with Gasteiger partial charge < -0.3 is 5.32 Å². The number of benzene rings is 1. The molecule has 0 aromatic heterocycles. The van der Waals surface area contributed by atoms with Crippen molar-refractivity contribution in [1.29, 1.82) is 0 Å². The molecular formula is C11H12Cl3N. The van der Waals surface area contributed by atoms with Gasteiger partial charge in [-0.05, 0) is 18.6 Å². The Bertz CT molecular complexity index is 374. The second-order valence-electron chi connectivity index (χ2n) is 3.20. The summed E-state index contributed by atoms with van der Waals surface area (Å²) >= 11 is 17.7. The van der Waals surface area contributed by atoms with Crippen molar-refractivity contribution in [2.45, 2.75) is 13.3 Å². The number of rotatable bonds is 4. The lowest BCUT2D eigenvalue weighted by Crippen LogP contribution is -2.03. The fourth-order valence-corrected chi connectivity index (χ4v) is 1.62. The largest absolute Gasteiger partial charge is 0.380 e. The Labute approximate surface area is 105 Å². The van der Waals surface area contributed by atoms with Crippen molar-refractivity contribution in [1.82, 2.24) is 0 Å². The van der Waals surface area contributed by atoms with Crippen molar-refractivity contribution in [3.63, 3.8) is 0 Å². The summed E-state index contributed by atoms with van der Waals surface area (Å²) in [6.45, 7) is 6.64. The van der Waals surface area contributed by atoms with Gasteiger partial charge in [0.25, 0.3) is 0 Å². The minimum atomic E-state index is 0.460. The predicted octanol–water partition coefficient (Wildman–Crippen LogP) is 5.02. The first-order valence-corrected chi connectivity index (χ1v) is 5.73. The molecule has 1 rings (SSSR count). The van der Waals surface area contributed by atoms with Gasteiger partial charge in [-0.15, -0.1) is 0 Å². The molecule has 0 bridgehead atoms. The maximum absolute atomic E-state index is 5.99. The van der Waals surface area contributed by atoms with E-state index in [0.29, 0.717) is 21.6 Å². The maximum Gasteiger partial charge on any atom is 0.0653 e. The minimum absolute atomic E-state index is 0.460. The van der Waals surface area contributed by atoms with Crippen LogP contribution in [0.3, 0.4) is 0 Å². The van der Waals surface area contributed by atoms with E-state index in [1.54, 1.807) is 12.1 Å². The lowest BCUT2D eigenvalue weighted by Gasteiger charge is -2.10. The SMILES string of the molecule is C=C(CC)CNc1cc(Cl)c(Cl)cc1Cl. The van der Waals surface area contributed by atoms with Gasteiger partial charge in [-0.3, -0.25) is 0 Å². The second kappa shape index (κ2) is 5.64. The van der Waals surface area contributed by atoms with Crippen LogP contribution in [0.1, 0.15) is 13.3 Å². The van der Waals surface area contributed by atoms with E-state index in [2.05, 4.69) is 18.8 Å². The van der Waals surface area contributed by atoms with Crippen LogP contribution in [-0.2, 0) is 0 Å².